The minimum atomic E-state index is -0.248. The topological polar surface area (TPSA) is 42.4 Å². The van der Waals surface area contributed by atoms with Crippen molar-refractivity contribution < 1.29 is 9.53 Å². The first-order valence-electron chi connectivity index (χ1n) is 8.88. The largest absolute Gasteiger partial charge is 0.469 e. The number of rotatable bonds is 6. The molecule has 0 atom stereocenters. The van der Waals surface area contributed by atoms with E-state index in [2.05, 4.69) is 42.2 Å². The Kier molecular flexibility index (Phi) is 5.52. The number of carbonyl (C=O) groups is 1. The maximum Gasteiger partial charge on any atom is 0.310 e. The molecule has 0 N–H and O–H groups in total. The number of aromatic nitrogens is 1. The van der Waals surface area contributed by atoms with Crippen molar-refractivity contribution in [1.29, 1.82) is 0 Å². The van der Waals surface area contributed by atoms with Crippen LogP contribution in [0.5, 0.6) is 0 Å². The van der Waals surface area contributed by atoms with Gasteiger partial charge in [-0.2, -0.15) is 0 Å². The Labute approximate surface area is 154 Å². The van der Waals surface area contributed by atoms with Gasteiger partial charge in [-0.15, -0.1) is 0 Å². The van der Waals surface area contributed by atoms with Crippen molar-refractivity contribution in [3.05, 3.63) is 71.4 Å². The number of methoxy groups -OCH3 is 1. The van der Waals surface area contributed by atoms with Crippen LogP contribution in [-0.4, -0.2) is 24.6 Å². The quantitative estimate of drug-likeness (QED) is 0.624. The lowest BCUT2D eigenvalue weighted by molar-refractivity contribution is -0.139. The minimum absolute atomic E-state index is 0.223. The molecule has 0 saturated carbocycles. The van der Waals surface area contributed by atoms with Crippen LogP contribution in [0.2, 0.25) is 0 Å². The van der Waals surface area contributed by atoms with Gasteiger partial charge in [-0.1, -0.05) is 48.5 Å². The van der Waals surface area contributed by atoms with E-state index >= 15 is 0 Å². The molecule has 4 nitrogen and oxygen atoms in total. The summed E-state index contributed by atoms with van der Waals surface area (Å²) in [5, 5.41) is 1.06. The minimum Gasteiger partial charge on any atom is -0.469 e. The standard InChI is InChI=1S/C22H24N2O2/c1-4-24(15-17-10-6-5-7-11-17)22-18-12-8-9-13-20(18)23-16(2)19(22)14-21(25)26-3/h5-13H,4,14-15H2,1-3H3. The number of benzene rings is 2. The number of para-hydroxylation sites is 1. The summed E-state index contributed by atoms with van der Waals surface area (Å²) in [7, 11) is 1.42. The lowest BCUT2D eigenvalue weighted by atomic mass is 10.0. The second-order valence-electron chi connectivity index (χ2n) is 6.29. The molecular formula is C22H24N2O2. The van der Waals surface area contributed by atoms with E-state index in [0.717, 1.165) is 40.9 Å². The highest BCUT2D eigenvalue weighted by atomic mass is 16.5. The smallest absolute Gasteiger partial charge is 0.310 e. The van der Waals surface area contributed by atoms with Gasteiger partial charge in [0.15, 0.2) is 0 Å². The molecule has 1 aromatic heterocycles. The van der Waals surface area contributed by atoms with E-state index < -0.39 is 0 Å². The van der Waals surface area contributed by atoms with Crippen LogP contribution < -0.4 is 4.90 Å². The van der Waals surface area contributed by atoms with E-state index in [9.17, 15) is 4.79 Å². The Hall–Kier alpha value is -2.88. The van der Waals surface area contributed by atoms with E-state index in [1.807, 2.05) is 31.2 Å². The van der Waals surface area contributed by atoms with Gasteiger partial charge in [-0.3, -0.25) is 9.78 Å². The van der Waals surface area contributed by atoms with E-state index in [1.54, 1.807) is 0 Å². The first kappa shape index (κ1) is 17.9. The number of hydrogen-bond acceptors (Lipinski definition) is 4. The molecule has 1 heterocycles. The van der Waals surface area contributed by atoms with Crippen LogP contribution in [-0.2, 0) is 22.5 Å². The molecule has 0 spiro atoms. The first-order valence-corrected chi connectivity index (χ1v) is 8.88. The summed E-state index contributed by atoms with van der Waals surface area (Å²) in [6.07, 6.45) is 0.223. The number of hydrogen-bond donors (Lipinski definition) is 0. The van der Waals surface area contributed by atoms with Crippen molar-refractivity contribution >= 4 is 22.6 Å². The number of aryl methyl sites for hydroxylation is 1. The van der Waals surface area contributed by atoms with E-state index in [1.165, 1.54) is 12.7 Å². The molecule has 0 unspecified atom stereocenters. The van der Waals surface area contributed by atoms with Gasteiger partial charge in [0, 0.05) is 29.7 Å². The third-order valence-corrected chi connectivity index (χ3v) is 4.63. The SMILES string of the molecule is CCN(Cc1ccccc1)c1c(CC(=O)OC)c(C)nc2ccccc12. The van der Waals surface area contributed by atoms with Gasteiger partial charge in [0.05, 0.1) is 24.7 Å². The third-order valence-electron chi connectivity index (χ3n) is 4.63. The van der Waals surface area contributed by atoms with Gasteiger partial charge in [-0.05, 0) is 25.5 Å². The summed E-state index contributed by atoms with van der Waals surface area (Å²) in [6.45, 7) is 5.70. The summed E-state index contributed by atoms with van der Waals surface area (Å²) in [6, 6.07) is 18.5. The van der Waals surface area contributed by atoms with Crippen molar-refractivity contribution in [3.8, 4) is 0 Å². The molecule has 26 heavy (non-hydrogen) atoms. The molecule has 3 rings (SSSR count). The number of carbonyl (C=O) groups excluding carboxylic acids is 1. The summed E-state index contributed by atoms with van der Waals surface area (Å²) in [5.74, 6) is -0.248. The fourth-order valence-corrected chi connectivity index (χ4v) is 3.30. The van der Waals surface area contributed by atoms with E-state index in [4.69, 9.17) is 9.72 Å². The van der Waals surface area contributed by atoms with Crippen LogP contribution in [0.25, 0.3) is 10.9 Å². The van der Waals surface area contributed by atoms with Gasteiger partial charge in [-0.25, -0.2) is 0 Å². The predicted octanol–water partition coefficient (Wildman–Crippen LogP) is 4.29. The number of fused-ring (bicyclic) bond motifs is 1. The fraction of sp³-hybridized carbons (Fsp3) is 0.273. The maximum atomic E-state index is 12.0. The highest BCUT2D eigenvalue weighted by molar-refractivity contribution is 5.95. The Bertz CT molecular complexity index is 907. The molecule has 3 aromatic rings. The fourth-order valence-electron chi connectivity index (χ4n) is 3.30. The van der Waals surface area contributed by atoms with Crippen molar-refractivity contribution in [2.75, 3.05) is 18.6 Å². The van der Waals surface area contributed by atoms with Crippen molar-refractivity contribution in [2.45, 2.75) is 26.8 Å². The zero-order valence-corrected chi connectivity index (χ0v) is 15.5. The maximum absolute atomic E-state index is 12.0. The molecule has 0 aliphatic rings. The van der Waals surface area contributed by atoms with Crippen LogP contribution >= 0.6 is 0 Å². The Morgan fingerprint density at radius 3 is 2.46 bits per heavy atom. The average Bonchev–Trinajstić information content (AvgIpc) is 2.67. The highest BCUT2D eigenvalue weighted by Crippen LogP contribution is 2.33. The summed E-state index contributed by atoms with van der Waals surface area (Å²) in [5.41, 5.74) is 5.06. The number of anilines is 1. The van der Waals surface area contributed by atoms with Crippen molar-refractivity contribution in [3.63, 3.8) is 0 Å². The molecule has 0 aliphatic heterocycles. The molecule has 0 amide bonds. The lowest BCUT2D eigenvalue weighted by Crippen LogP contribution is -2.25. The number of pyridine rings is 1. The normalized spacial score (nSPS) is 10.7. The van der Waals surface area contributed by atoms with Gasteiger partial charge in [0.2, 0.25) is 0 Å². The zero-order chi connectivity index (χ0) is 18.5. The van der Waals surface area contributed by atoms with Gasteiger partial charge < -0.3 is 9.64 Å². The molecule has 2 aromatic carbocycles. The van der Waals surface area contributed by atoms with Gasteiger partial charge >= 0.3 is 5.97 Å². The van der Waals surface area contributed by atoms with Crippen LogP contribution in [0.4, 0.5) is 5.69 Å². The predicted molar refractivity (Wildman–Crippen MR) is 105 cm³/mol. The Morgan fingerprint density at radius 2 is 1.77 bits per heavy atom. The number of nitrogens with zero attached hydrogens (tertiary/aromatic N) is 2. The number of ether oxygens (including phenoxy) is 1. The van der Waals surface area contributed by atoms with Gasteiger partial charge in [0.25, 0.3) is 0 Å². The molecule has 134 valence electrons. The average molecular weight is 348 g/mol. The monoisotopic (exact) mass is 348 g/mol. The van der Waals surface area contributed by atoms with E-state index in [0.29, 0.717) is 0 Å². The molecular weight excluding hydrogens is 324 g/mol. The van der Waals surface area contributed by atoms with Crippen molar-refractivity contribution in [1.82, 2.24) is 4.98 Å². The molecule has 4 heteroatoms. The molecule has 0 saturated heterocycles. The van der Waals surface area contributed by atoms with Gasteiger partial charge in [0.1, 0.15) is 0 Å². The van der Waals surface area contributed by atoms with Crippen LogP contribution in [0.3, 0.4) is 0 Å². The second kappa shape index (κ2) is 8.00. The highest BCUT2D eigenvalue weighted by Gasteiger charge is 2.20. The summed E-state index contributed by atoms with van der Waals surface area (Å²) in [4.78, 5) is 19.0. The second-order valence-corrected chi connectivity index (χ2v) is 6.29. The summed E-state index contributed by atoms with van der Waals surface area (Å²) >= 11 is 0. The lowest BCUT2D eigenvalue weighted by Gasteiger charge is -2.28. The molecule has 0 bridgehead atoms. The van der Waals surface area contributed by atoms with Crippen LogP contribution in [0, 0.1) is 6.92 Å². The first-order chi connectivity index (χ1) is 12.6. The zero-order valence-electron chi connectivity index (χ0n) is 15.5. The Balaban J connectivity index is 2.16. The Morgan fingerprint density at radius 1 is 1.08 bits per heavy atom. The molecule has 0 fully saturated rings. The summed E-state index contributed by atoms with van der Waals surface area (Å²) < 4.78 is 4.92. The third kappa shape index (κ3) is 3.69. The van der Waals surface area contributed by atoms with Crippen molar-refractivity contribution in [2.24, 2.45) is 0 Å². The molecule has 0 radical (unpaired) electrons. The van der Waals surface area contributed by atoms with E-state index in [-0.39, 0.29) is 12.4 Å². The van der Waals surface area contributed by atoms with Crippen LogP contribution in [0.1, 0.15) is 23.7 Å². The molecule has 0 aliphatic carbocycles. The van der Waals surface area contributed by atoms with Crippen LogP contribution in [0.15, 0.2) is 54.6 Å². The number of esters is 1.